The highest BCUT2D eigenvalue weighted by molar-refractivity contribution is 6.14. The predicted molar refractivity (Wildman–Crippen MR) is 132 cm³/mol. The molecule has 1 N–H and O–H groups in total. The van der Waals surface area contributed by atoms with Crippen molar-refractivity contribution in [2.45, 2.75) is 32.7 Å². The molecule has 0 spiro atoms. The molecule has 1 aliphatic rings. The van der Waals surface area contributed by atoms with Gasteiger partial charge >= 0.3 is 0 Å². The van der Waals surface area contributed by atoms with Gasteiger partial charge in [0.15, 0.2) is 11.5 Å². The van der Waals surface area contributed by atoms with Gasteiger partial charge in [-0.05, 0) is 48.1 Å². The molecule has 2 aromatic carbocycles. The van der Waals surface area contributed by atoms with E-state index in [1.165, 1.54) is 11.0 Å². The number of hydrogen-bond donors (Lipinski definition) is 1. The summed E-state index contributed by atoms with van der Waals surface area (Å²) in [5, 5.41) is 10.7. The summed E-state index contributed by atoms with van der Waals surface area (Å²) in [6, 6.07) is 16.1. The summed E-state index contributed by atoms with van der Waals surface area (Å²) >= 11 is 0. The third kappa shape index (κ3) is 6.35. The van der Waals surface area contributed by atoms with Crippen LogP contribution in [0.25, 0.3) is 6.08 Å². The Hall–Kier alpha value is -3.38. The van der Waals surface area contributed by atoms with Gasteiger partial charge in [-0.1, -0.05) is 62.4 Å². The maximum Gasteiger partial charge on any atom is 0.290 e. The van der Waals surface area contributed by atoms with E-state index in [4.69, 9.17) is 9.47 Å². The highest BCUT2D eigenvalue weighted by atomic mass is 16.5. The highest BCUT2D eigenvalue weighted by Gasteiger charge is 2.42. The summed E-state index contributed by atoms with van der Waals surface area (Å²) in [6.07, 6.45) is 4.59. The number of aliphatic hydroxyl groups is 1. The standard InChI is InChI=1S/C28H33NO5/c1-20(2)15-18-34-23-12-7-11-22(19-23)26-25(24(30)14-13-21-9-5-4-6-10-21)27(31)28(32)29(26)16-8-17-33-3/h4-7,9-14,19-20,26,31H,8,15-18H2,1-3H3. The highest BCUT2D eigenvalue weighted by Crippen LogP contribution is 2.39. The van der Waals surface area contributed by atoms with E-state index in [1.807, 2.05) is 54.6 Å². The summed E-state index contributed by atoms with van der Waals surface area (Å²) in [7, 11) is 1.60. The summed E-state index contributed by atoms with van der Waals surface area (Å²) in [6.45, 7) is 5.66. The van der Waals surface area contributed by atoms with Crippen LogP contribution in [0.2, 0.25) is 0 Å². The summed E-state index contributed by atoms with van der Waals surface area (Å²) in [5.41, 5.74) is 1.65. The first kappa shape index (κ1) is 25.2. The number of hydrogen-bond acceptors (Lipinski definition) is 5. The molecule has 1 aliphatic heterocycles. The Bertz CT molecular complexity index is 1040. The Morgan fingerprint density at radius 1 is 1.12 bits per heavy atom. The van der Waals surface area contributed by atoms with E-state index in [0.717, 1.165) is 12.0 Å². The Morgan fingerprint density at radius 3 is 2.59 bits per heavy atom. The van der Waals surface area contributed by atoms with Crippen LogP contribution in [0.1, 0.15) is 43.9 Å². The first-order valence-electron chi connectivity index (χ1n) is 11.7. The fourth-order valence-corrected chi connectivity index (χ4v) is 3.87. The molecule has 1 amide bonds. The van der Waals surface area contributed by atoms with Crippen LogP contribution in [-0.2, 0) is 14.3 Å². The quantitative estimate of drug-likeness (QED) is 0.349. The smallest absolute Gasteiger partial charge is 0.290 e. The first-order chi connectivity index (χ1) is 16.4. The van der Waals surface area contributed by atoms with Crippen molar-refractivity contribution < 1.29 is 24.2 Å². The van der Waals surface area contributed by atoms with Crippen molar-refractivity contribution in [2.24, 2.45) is 5.92 Å². The zero-order valence-corrected chi connectivity index (χ0v) is 20.1. The number of carbonyl (C=O) groups is 2. The van der Waals surface area contributed by atoms with E-state index in [2.05, 4.69) is 13.8 Å². The molecule has 180 valence electrons. The van der Waals surface area contributed by atoms with Gasteiger partial charge in [0.05, 0.1) is 18.2 Å². The van der Waals surface area contributed by atoms with E-state index >= 15 is 0 Å². The second-order valence-electron chi connectivity index (χ2n) is 8.72. The molecule has 1 heterocycles. The molecule has 1 atom stereocenters. The Balaban J connectivity index is 1.92. The number of ketones is 1. The van der Waals surface area contributed by atoms with Crippen molar-refractivity contribution in [3.05, 3.63) is 83.1 Å². The monoisotopic (exact) mass is 463 g/mol. The molecular weight excluding hydrogens is 430 g/mol. The second-order valence-corrected chi connectivity index (χ2v) is 8.72. The lowest BCUT2D eigenvalue weighted by Gasteiger charge is -2.27. The normalized spacial score (nSPS) is 16.2. The molecule has 0 saturated carbocycles. The lowest BCUT2D eigenvalue weighted by molar-refractivity contribution is -0.129. The van der Waals surface area contributed by atoms with Gasteiger partial charge in [0, 0.05) is 20.3 Å². The van der Waals surface area contributed by atoms with Gasteiger partial charge < -0.3 is 19.5 Å². The zero-order valence-electron chi connectivity index (χ0n) is 20.1. The molecule has 0 aliphatic carbocycles. The molecule has 0 bridgehead atoms. The van der Waals surface area contributed by atoms with E-state index in [1.54, 1.807) is 13.2 Å². The lowest BCUT2D eigenvalue weighted by Crippen LogP contribution is -2.32. The molecule has 34 heavy (non-hydrogen) atoms. The van der Waals surface area contributed by atoms with Crippen molar-refractivity contribution in [3.63, 3.8) is 0 Å². The Morgan fingerprint density at radius 2 is 1.88 bits per heavy atom. The molecule has 6 heteroatoms. The summed E-state index contributed by atoms with van der Waals surface area (Å²) in [5.74, 6) is -0.270. The van der Waals surface area contributed by atoms with Crippen LogP contribution in [-0.4, -0.2) is 48.6 Å². The number of allylic oxidation sites excluding steroid dienone is 1. The minimum atomic E-state index is -0.703. The zero-order chi connectivity index (χ0) is 24.5. The van der Waals surface area contributed by atoms with Crippen molar-refractivity contribution in [1.82, 2.24) is 4.90 Å². The number of aliphatic hydroxyl groups excluding tert-OH is 1. The molecule has 0 radical (unpaired) electrons. The fraction of sp³-hybridized carbons (Fsp3) is 0.357. The third-order valence-electron chi connectivity index (χ3n) is 5.68. The molecule has 0 aromatic heterocycles. The molecule has 0 saturated heterocycles. The molecule has 1 unspecified atom stereocenters. The van der Waals surface area contributed by atoms with Gasteiger partial charge in [0.2, 0.25) is 0 Å². The molecule has 0 fully saturated rings. The SMILES string of the molecule is COCCCN1C(=O)C(O)=C(C(=O)C=Cc2ccccc2)C1c1cccc(OCCC(C)C)c1. The molecule has 2 aromatic rings. The van der Waals surface area contributed by atoms with Crippen LogP contribution in [0.5, 0.6) is 5.75 Å². The average Bonchev–Trinajstić information content (AvgIpc) is 3.08. The fourth-order valence-electron chi connectivity index (χ4n) is 3.87. The first-order valence-corrected chi connectivity index (χ1v) is 11.7. The maximum absolute atomic E-state index is 13.2. The van der Waals surface area contributed by atoms with Gasteiger partial charge in [-0.25, -0.2) is 0 Å². The molecule has 6 nitrogen and oxygen atoms in total. The van der Waals surface area contributed by atoms with Gasteiger partial charge in [0.25, 0.3) is 5.91 Å². The summed E-state index contributed by atoms with van der Waals surface area (Å²) < 4.78 is 11.0. The number of methoxy groups -OCH3 is 1. The van der Waals surface area contributed by atoms with Crippen LogP contribution >= 0.6 is 0 Å². The predicted octanol–water partition coefficient (Wildman–Crippen LogP) is 5.13. The largest absolute Gasteiger partial charge is 0.503 e. The Labute approximate surface area is 201 Å². The number of nitrogens with zero attached hydrogens (tertiary/aromatic N) is 1. The van der Waals surface area contributed by atoms with Gasteiger partial charge in [0.1, 0.15) is 5.75 Å². The minimum absolute atomic E-state index is 0.0777. The van der Waals surface area contributed by atoms with Crippen molar-refractivity contribution >= 4 is 17.8 Å². The van der Waals surface area contributed by atoms with Gasteiger partial charge in [-0.3, -0.25) is 9.59 Å². The molecule has 3 rings (SSSR count). The second kappa shape index (κ2) is 12.2. The van der Waals surface area contributed by atoms with Crippen LogP contribution in [0, 0.1) is 5.92 Å². The maximum atomic E-state index is 13.2. The van der Waals surface area contributed by atoms with Crippen LogP contribution < -0.4 is 4.74 Å². The van der Waals surface area contributed by atoms with E-state index in [-0.39, 0.29) is 5.57 Å². The van der Waals surface area contributed by atoms with Gasteiger partial charge in [-0.2, -0.15) is 0 Å². The molecular formula is C28H33NO5. The third-order valence-corrected chi connectivity index (χ3v) is 5.68. The van der Waals surface area contributed by atoms with E-state index in [0.29, 0.717) is 43.4 Å². The van der Waals surface area contributed by atoms with Crippen molar-refractivity contribution in [3.8, 4) is 5.75 Å². The van der Waals surface area contributed by atoms with Crippen molar-refractivity contribution in [2.75, 3.05) is 26.9 Å². The topological polar surface area (TPSA) is 76.1 Å². The number of carbonyl (C=O) groups excluding carboxylic acids is 2. The van der Waals surface area contributed by atoms with Crippen molar-refractivity contribution in [1.29, 1.82) is 0 Å². The number of amides is 1. The van der Waals surface area contributed by atoms with E-state index in [9.17, 15) is 14.7 Å². The number of benzene rings is 2. The van der Waals surface area contributed by atoms with Crippen LogP contribution in [0.4, 0.5) is 0 Å². The Kier molecular flexibility index (Phi) is 9.05. The number of ether oxygens (including phenoxy) is 2. The van der Waals surface area contributed by atoms with Crippen LogP contribution in [0.3, 0.4) is 0 Å². The number of rotatable bonds is 12. The average molecular weight is 464 g/mol. The summed E-state index contributed by atoms with van der Waals surface area (Å²) in [4.78, 5) is 27.7. The van der Waals surface area contributed by atoms with Crippen LogP contribution in [0.15, 0.2) is 72.0 Å². The minimum Gasteiger partial charge on any atom is -0.503 e. The van der Waals surface area contributed by atoms with E-state index < -0.39 is 23.5 Å². The lowest BCUT2D eigenvalue weighted by atomic mass is 9.95. The van der Waals surface area contributed by atoms with Gasteiger partial charge in [-0.15, -0.1) is 0 Å².